The van der Waals surface area contributed by atoms with E-state index in [4.69, 9.17) is 10.9 Å². The molecule has 1 aromatic heterocycles. The van der Waals surface area contributed by atoms with Gasteiger partial charge in [-0.15, -0.1) is 0 Å². The number of nitrogens with zero attached hydrogens (tertiary/aromatic N) is 2. The Labute approximate surface area is 120 Å². The zero-order chi connectivity index (χ0) is 15.4. The monoisotopic (exact) mass is 288 g/mol. The van der Waals surface area contributed by atoms with Gasteiger partial charge in [0.2, 0.25) is 0 Å². The van der Waals surface area contributed by atoms with Gasteiger partial charge in [0.05, 0.1) is 5.69 Å². The van der Waals surface area contributed by atoms with Crippen molar-refractivity contribution in [2.45, 2.75) is 6.92 Å². The van der Waals surface area contributed by atoms with E-state index in [1.165, 1.54) is 18.3 Å². The zero-order valence-electron chi connectivity index (χ0n) is 11.2. The number of anilines is 1. The van der Waals surface area contributed by atoms with Crippen LogP contribution in [0.5, 0.6) is 0 Å². The maximum absolute atomic E-state index is 13.9. The first-order valence-electron chi connectivity index (χ1n) is 6.03. The fraction of sp³-hybridized carbons (Fsp3) is 0.0714. The summed E-state index contributed by atoms with van der Waals surface area (Å²) in [6.45, 7) is 1.74. The highest BCUT2D eigenvalue weighted by atomic mass is 19.1. The topological polar surface area (TPSA) is 101 Å². The maximum Gasteiger partial charge on any atom is 0.274 e. The van der Waals surface area contributed by atoms with Crippen LogP contribution in [0.15, 0.2) is 41.7 Å². The number of nitrogens with two attached hydrogens (primary N) is 1. The highest BCUT2D eigenvalue weighted by Crippen LogP contribution is 2.17. The Morgan fingerprint density at radius 2 is 2.19 bits per heavy atom. The number of rotatable bonds is 3. The summed E-state index contributed by atoms with van der Waals surface area (Å²) >= 11 is 0. The van der Waals surface area contributed by atoms with E-state index in [0.717, 1.165) is 6.07 Å². The van der Waals surface area contributed by atoms with E-state index in [1.807, 2.05) is 0 Å². The van der Waals surface area contributed by atoms with E-state index < -0.39 is 11.7 Å². The Morgan fingerprint density at radius 3 is 2.81 bits per heavy atom. The SMILES string of the molecule is Cc1cccnc1C(=O)Nc1ccc(/C(N)=N/O)cc1F. The van der Waals surface area contributed by atoms with Gasteiger partial charge in [-0.3, -0.25) is 9.78 Å². The number of nitrogens with one attached hydrogen (secondary N) is 1. The number of amides is 1. The van der Waals surface area contributed by atoms with Gasteiger partial charge in [-0.25, -0.2) is 4.39 Å². The van der Waals surface area contributed by atoms with Crippen LogP contribution in [0.25, 0.3) is 0 Å². The Morgan fingerprint density at radius 1 is 1.43 bits per heavy atom. The second kappa shape index (κ2) is 6.00. The number of carbonyl (C=O) groups excluding carboxylic acids is 1. The van der Waals surface area contributed by atoms with Crippen LogP contribution in [0.3, 0.4) is 0 Å². The number of oxime groups is 1. The Kier molecular flexibility index (Phi) is 4.13. The second-order valence-corrected chi connectivity index (χ2v) is 4.30. The fourth-order valence-electron chi connectivity index (χ4n) is 1.74. The number of aryl methyl sites for hydroxylation is 1. The van der Waals surface area contributed by atoms with Crippen molar-refractivity contribution in [1.29, 1.82) is 0 Å². The van der Waals surface area contributed by atoms with E-state index in [0.29, 0.717) is 5.56 Å². The molecule has 108 valence electrons. The molecule has 0 aliphatic carbocycles. The van der Waals surface area contributed by atoms with Gasteiger partial charge in [0, 0.05) is 11.8 Å². The van der Waals surface area contributed by atoms with Gasteiger partial charge in [-0.2, -0.15) is 0 Å². The van der Waals surface area contributed by atoms with E-state index >= 15 is 0 Å². The summed E-state index contributed by atoms with van der Waals surface area (Å²) in [7, 11) is 0. The third kappa shape index (κ3) is 3.14. The summed E-state index contributed by atoms with van der Waals surface area (Å²) < 4.78 is 13.9. The number of aromatic nitrogens is 1. The molecule has 1 heterocycles. The van der Waals surface area contributed by atoms with Crippen molar-refractivity contribution in [3.63, 3.8) is 0 Å². The predicted molar refractivity (Wildman–Crippen MR) is 75.8 cm³/mol. The minimum atomic E-state index is -0.693. The van der Waals surface area contributed by atoms with Crippen molar-refractivity contribution < 1.29 is 14.4 Å². The average Bonchev–Trinajstić information content (AvgIpc) is 2.48. The molecule has 0 aliphatic heterocycles. The van der Waals surface area contributed by atoms with Gasteiger partial charge >= 0.3 is 0 Å². The number of benzene rings is 1. The lowest BCUT2D eigenvalue weighted by atomic mass is 10.1. The number of pyridine rings is 1. The van der Waals surface area contributed by atoms with Crippen LogP contribution in [0.4, 0.5) is 10.1 Å². The van der Waals surface area contributed by atoms with Crippen molar-refractivity contribution in [3.8, 4) is 0 Å². The summed E-state index contributed by atoms with van der Waals surface area (Å²) in [6, 6.07) is 7.27. The second-order valence-electron chi connectivity index (χ2n) is 4.30. The molecule has 0 bridgehead atoms. The van der Waals surface area contributed by atoms with Gasteiger partial charge in [-0.05, 0) is 36.8 Å². The third-order valence-electron chi connectivity index (χ3n) is 2.85. The van der Waals surface area contributed by atoms with Gasteiger partial charge in [0.1, 0.15) is 11.5 Å². The van der Waals surface area contributed by atoms with Crippen molar-refractivity contribution in [3.05, 3.63) is 59.2 Å². The first-order valence-corrected chi connectivity index (χ1v) is 6.03. The lowest BCUT2D eigenvalue weighted by molar-refractivity contribution is 0.102. The molecule has 2 rings (SSSR count). The molecule has 0 atom stereocenters. The molecule has 0 unspecified atom stereocenters. The van der Waals surface area contributed by atoms with Crippen LogP contribution in [0, 0.1) is 12.7 Å². The standard InChI is InChI=1S/C14H13FN4O2/c1-8-3-2-6-17-12(8)14(20)18-11-5-4-9(7-10(11)15)13(16)19-21/h2-7,21H,1H3,(H2,16,19)(H,18,20). The van der Waals surface area contributed by atoms with Crippen LogP contribution < -0.4 is 11.1 Å². The molecule has 6 nitrogen and oxygen atoms in total. The molecule has 0 fully saturated rings. The normalized spacial score (nSPS) is 11.2. The molecule has 0 saturated carbocycles. The summed E-state index contributed by atoms with van der Waals surface area (Å²) in [5.74, 6) is -1.42. The molecule has 0 radical (unpaired) electrons. The molecule has 7 heteroatoms. The number of hydrogen-bond donors (Lipinski definition) is 3. The molecular formula is C14H13FN4O2. The van der Waals surface area contributed by atoms with E-state index in [2.05, 4.69) is 15.5 Å². The minimum Gasteiger partial charge on any atom is -0.409 e. The van der Waals surface area contributed by atoms with Crippen LogP contribution in [0.1, 0.15) is 21.6 Å². The third-order valence-corrected chi connectivity index (χ3v) is 2.85. The summed E-state index contributed by atoms with van der Waals surface area (Å²) in [4.78, 5) is 16.0. The summed E-state index contributed by atoms with van der Waals surface area (Å²) in [5, 5.41) is 13.7. The number of hydrogen-bond acceptors (Lipinski definition) is 4. The van der Waals surface area contributed by atoms with Gasteiger partial charge in [-0.1, -0.05) is 11.2 Å². The van der Waals surface area contributed by atoms with Gasteiger partial charge in [0.25, 0.3) is 5.91 Å². The lowest BCUT2D eigenvalue weighted by Gasteiger charge is -2.08. The van der Waals surface area contributed by atoms with Crippen LogP contribution >= 0.6 is 0 Å². The Hall–Kier alpha value is -2.96. The number of halogens is 1. The quantitative estimate of drug-likeness (QED) is 0.347. The fourth-order valence-corrected chi connectivity index (χ4v) is 1.74. The van der Waals surface area contributed by atoms with Gasteiger partial charge < -0.3 is 16.3 Å². The van der Waals surface area contributed by atoms with Crippen molar-refractivity contribution in [2.24, 2.45) is 10.9 Å². The minimum absolute atomic E-state index is 0.0143. The number of amidine groups is 1. The largest absolute Gasteiger partial charge is 0.409 e. The Bertz CT molecular complexity index is 716. The van der Waals surface area contributed by atoms with Crippen molar-refractivity contribution in [1.82, 2.24) is 4.98 Å². The molecule has 4 N–H and O–H groups in total. The molecule has 2 aromatic rings. The molecule has 21 heavy (non-hydrogen) atoms. The molecule has 1 aromatic carbocycles. The van der Waals surface area contributed by atoms with E-state index in [9.17, 15) is 9.18 Å². The smallest absolute Gasteiger partial charge is 0.274 e. The first-order chi connectivity index (χ1) is 10.0. The highest BCUT2D eigenvalue weighted by Gasteiger charge is 2.13. The van der Waals surface area contributed by atoms with Crippen LogP contribution in [-0.4, -0.2) is 21.9 Å². The van der Waals surface area contributed by atoms with Crippen molar-refractivity contribution >= 4 is 17.4 Å². The van der Waals surface area contributed by atoms with Gasteiger partial charge in [0.15, 0.2) is 5.84 Å². The summed E-state index contributed by atoms with van der Waals surface area (Å²) in [6.07, 6.45) is 1.49. The molecule has 1 amide bonds. The van der Waals surface area contributed by atoms with Crippen molar-refractivity contribution in [2.75, 3.05) is 5.32 Å². The van der Waals surface area contributed by atoms with E-state index in [1.54, 1.807) is 19.1 Å². The zero-order valence-corrected chi connectivity index (χ0v) is 11.2. The predicted octanol–water partition coefficient (Wildman–Crippen LogP) is 1.88. The lowest BCUT2D eigenvalue weighted by Crippen LogP contribution is -2.17. The Balaban J connectivity index is 2.25. The summed E-state index contributed by atoms with van der Waals surface area (Å²) in [5.41, 5.74) is 6.46. The van der Waals surface area contributed by atoms with Crippen LogP contribution in [0.2, 0.25) is 0 Å². The first kappa shape index (κ1) is 14.4. The molecule has 0 aliphatic rings. The molecular weight excluding hydrogens is 275 g/mol. The van der Waals surface area contributed by atoms with Crippen LogP contribution in [-0.2, 0) is 0 Å². The molecule has 0 spiro atoms. The average molecular weight is 288 g/mol. The van der Waals surface area contributed by atoms with E-state index in [-0.39, 0.29) is 22.8 Å². The molecule has 0 saturated heterocycles. The highest BCUT2D eigenvalue weighted by molar-refractivity contribution is 6.04. The maximum atomic E-state index is 13.9. The number of carbonyl (C=O) groups is 1.